The Labute approximate surface area is 208 Å². The fourth-order valence-corrected chi connectivity index (χ4v) is 5.18. The first kappa shape index (κ1) is 23.9. The molecule has 1 aliphatic carbocycles. The van der Waals surface area contributed by atoms with E-state index in [4.69, 9.17) is 14.5 Å². The Bertz CT molecular complexity index is 1040. The van der Waals surface area contributed by atoms with Gasteiger partial charge in [-0.05, 0) is 49.3 Å². The first-order chi connectivity index (χ1) is 16.7. The zero-order valence-electron chi connectivity index (χ0n) is 21.3. The number of ether oxygens (including phenoxy) is 2. The van der Waals surface area contributed by atoms with Crippen LogP contribution in [0.1, 0.15) is 51.7 Å². The summed E-state index contributed by atoms with van der Waals surface area (Å²) >= 11 is 0. The molecule has 2 aliphatic heterocycles. The first-order valence-corrected chi connectivity index (χ1v) is 12.8. The number of amides is 1. The molecule has 3 heterocycles. The summed E-state index contributed by atoms with van der Waals surface area (Å²) in [6.45, 7) is 12.9. The molecule has 0 radical (unpaired) electrons. The van der Waals surface area contributed by atoms with Gasteiger partial charge in [0.15, 0.2) is 0 Å². The summed E-state index contributed by atoms with van der Waals surface area (Å²) in [7, 11) is 0. The third-order valence-electron chi connectivity index (χ3n) is 7.85. The number of benzene rings is 1. The smallest absolute Gasteiger partial charge is 0.408 e. The summed E-state index contributed by atoms with van der Waals surface area (Å²) in [5, 5.41) is 6.47. The molecule has 5 rings (SSSR count). The number of rotatable bonds is 7. The minimum Gasteiger partial charge on any atom is -0.474 e. The molecule has 188 valence electrons. The Balaban J connectivity index is 1.32. The molecular formula is C28H38N4O3. The number of piperidine rings is 2. The van der Waals surface area contributed by atoms with Gasteiger partial charge in [-0.15, -0.1) is 0 Å². The average molecular weight is 479 g/mol. The number of carbonyl (C=O) groups is 1. The molecule has 2 saturated heterocycles. The van der Waals surface area contributed by atoms with Gasteiger partial charge in [-0.3, -0.25) is 0 Å². The van der Waals surface area contributed by atoms with Gasteiger partial charge >= 0.3 is 6.09 Å². The van der Waals surface area contributed by atoms with Gasteiger partial charge in [-0.2, -0.15) is 4.98 Å². The van der Waals surface area contributed by atoms with E-state index in [0.29, 0.717) is 23.1 Å². The summed E-state index contributed by atoms with van der Waals surface area (Å²) in [4.78, 5) is 19.9. The largest absolute Gasteiger partial charge is 0.474 e. The van der Waals surface area contributed by atoms with Gasteiger partial charge in [0, 0.05) is 44.1 Å². The topological polar surface area (TPSA) is 75.7 Å². The highest BCUT2D eigenvalue weighted by atomic mass is 16.5. The van der Waals surface area contributed by atoms with Crippen molar-refractivity contribution in [3.63, 3.8) is 0 Å². The molecule has 1 aromatic heterocycles. The highest BCUT2D eigenvalue weighted by Crippen LogP contribution is 2.45. The Morgan fingerprint density at radius 1 is 1.14 bits per heavy atom. The average Bonchev–Trinajstić information content (AvgIpc) is 3.23. The maximum Gasteiger partial charge on any atom is 0.408 e. The van der Waals surface area contributed by atoms with E-state index in [0.717, 1.165) is 56.0 Å². The Morgan fingerprint density at radius 3 is 2.51 bits per heavy atom. The van der Waals surface area contributed by atoms with Gasteiger partial charge < -0.3 is 25.0 Å². The number of aromatic nitrogens is 1. The molecule has 1 unspecified atom stereocenters. The second-order valence-electron chi connectivity index (χ2n) is 11.6. The van der Waals surface area contributed by atoms with E-state index in [1.807, 2.05) is 50.2 Å². The van der Waals surface area contributed by atoms with Crippen molar-refractivity contribution in [1.29, 1.82) is 0 Å². The highest BCUT2D eigenvalue weighted by molar-refractivity contribution is 5.69. The molecule has 2 aromatic rings. The van der Waals surface area contributed by atoms with Crippen molar-refractivity contribution in [1.82, 2.24) is 15.6 Å². The van der Waals surface area contributed by atoms with Crippen LogP contribution in [0.15, 0.2) is 42.5 Å². The maximum atomic E-state index is 12.7. The second kappa shape index (κ2) is 9.34. The number of hydrogen-bond acceptors (Lipinski definition) is 6. The van der Waals surface area contributed by atoms with Gasteiger partial charge in [0.1, 0.15) is 18.5 Å². The maximum absolute atomic E-state index is 12.7. The predicted molar refractivity (Wildman–Crippen MR) is 137 cm³/mol. The van der Waals surface area contributed by atoms with E-state index >= 15 is 0 Å². The van der Waals surface area contributed by atoms with Gasteiger partial charge in [-0.1, -0.05) is 44.2 Å². The SMILES string of the molecule is CC1(C)CCN(c2cc(C(C)(C)NC(=O)OCc3ccccc3)cc(OC3[C@H]4CNC[C@@H]34)n2)CC1. The molecular weight excluding hydrogens is 440 g/mol. The Kier molecular flexibility index (Phi) is 6.38. The fraction of sp³-hybridized carbons (Fsp3) is 0.571. The fourth-order valence-electron chi connectivity index (χ4n) is 5.18. The van der Waals surface area contributed by atoms with Crippen LogP contribution in [0.2, 0.25) is 0 Å². The second-order valence-corrected chi connectivity index (χ2v) is 11.6. The number of carbonyl (C=O) groups excluding carboxylic acids is 1. The number of anilines is 1. The number of alkyl carbamates (subject to hydrolysis) is 1. The van der Waals surface area contributed by atoms with Crippen LogP contribution in [0, 0.1) is 17.3 Å². The molecule has 3 fully saturated rings. The molecule has 0 bridgehead atoms. The predicted octanol–water partition coefficient (Wildman–Crippen LogP) is 4.47. The van der Waals surface area contributed by atoms with Crippen LogP contribution in [-0.2, 0) is 16.9 Å². The summed E-state index contributed by atoms with van der Waals surface area (Å²) < 4.78 is 11.9. The third-order valence-corrected chi connectivity index (χ3v) is 7.85. The quantitative estimate of drug-likeness (QED) is 0.612. The molecule has 2 N–H and O–H groups in total. The van der Waals surface area contributed by atoms with Gasteiger partial charge in [0.2, 0.25) is 5.88 Å². The lowest BCUT2D eigenvalue weighted by atomic mass is 9.82. The molecule has 1 aromatic carbocycles. The van der Waals surface area contributed by atoms with Gasteiger partial charge in [0.25, 0.3) is 0 Å². The summed E-state index contributed by atoms with van der Waals surface area (Å²) in [6, 6.07) is 13.8. The summed E-state index contributed by atoms with van der Waals surface area (Å²) in [6.07, 6.45) is 2.04. The number of hydrogen-bond donors (Lipinski definition) is 2. The number of nitrogens with one attached hydrogen (secondary N) is 2. The molecule has 3 atom stereocenters. The Hall–Kier alpha value is -2.80. The minimum absolute atomic E-state index is 0.235. The zero-order valence-corrected chi connectivity index (χ0v) is 21.3. The van der Waals surface area contributed by atoms with E-state index in [1.54, 1.807) is 0 Å². The Morgan fingerprint density at radius 2 is 1.83 bits per heavy atom. The monoisotopic (exact) mass is 478 g/mol. The van der Waals surface area contributed by atoms with Crippen LogP contribution in [-0.4, -0.2) is 43.4 Å². The number of nitrogens with zero attached hydrogens (tertiary/aromatic N) is 2. The standard InChI is InChI=1S/C28H38N4O3/c1-27(2)10-12-32(13-11-27)23-14-20(15-24(30-23)35-25-21-16-29-17-22(21)25)28(3,4)31-26(33)34-18-19-8-6-5-7-9-19/h5-9,14-15,21-22,25,29H,10-13,16-18H2,1-4H3,(H,31,33)/t21-,22+,25?. The van der Waals surface area contributed by atoms with Crippen LogP contribution < -0.4 is 20.3 Å². The minimum atomic E-state index is -0.653. The summed E-state index contributed by atoms with van der Waals surface area (Å²) in [5.41, 5.74) is 1.62. The van der Waals surface area contributed by atoms with Crippen molar-refractivity contribution in [3.05, 3.63) is 53.6 Å². The normalized spacial score (nSPS) is 25.0. The van der Waals surface area contributed by atoms with Crippen molar-refractivity contribution >= 4 is 11.9 Å². The van der Waals surface area contributed by atoms with Crippen LogP contribution in [0.25, 0.3) is 0 Å². The molecule has 3 aliphatic rings. The van der Waals surface area contributed by atoms with Crippen molar-refractivity contribution in [3.8, 4) is 5.88 Å². The van der Waals surface area contributed by atoms with Crippen molar-refractivity contribution < 1.29 is 14.3 Å². The van der Waals surface area contributed by atoms with Gasteiger partial charge in [0.05, 0.1) is 5.54 Å². The lowest BCUT2D eigenvalue weighted by Gasteiger charge is -2.38. The van der Waals surface area contributed by atoms with E-state index in [-0.39, 0.29) is 12.7 Å². The van der Waals surface area contributed by atoms with E-state index < -0.39 is 11.6 Å². The van der Waals surface area contributed by atoms with Crippen LogP contribution in [0.5, 0.6) is 5.88 Å². The lowest BCUT2D eigenvalue weighted by Crippen LogP contribution is -2.42. The van der Waals surface area contributed by atoms with Crippen LogP contribution in [0.4, 0.5) is 10.6 Å². The molecule has 7 nitrogen and oxygen atoms in total. The summed E-state index contributed by atoms with van der Waals surface area (Å²) in [5.74, 6) is 2.73. The van der Waals surface area contributed by atoms with E-state index in [9.17, 15) is 4.79 Å². The molecule has 7 heteroatoms. The first-order valence-electron chi connectivity index (χ1n) is 12.8. The number of fused-ring (bicyclic) bond motifs is 1. The van der Waals surface area contributed by atoms with E-state index in [2.05, 4.69) is 35.4 Å². The van der Waals surface area contributed by atoms with Crippen LogP contribution in [0.3, 0.4) is 0 Å². The molecule has 1 amide bonds. The van der Waals surface area contributed by atoms with Gasteiger partial charge in [-0.25, -0.2) is 4.79 Å². The zero-order chi connectivity index (χ0) is 24.6. The van der Waals surface area contributed by atoms with Crippen LogP contribution >= 0.6 is 0 Å². The van der Waals surface area contributed by atoms with Crippen molar-refractivity contribution in [2.75, 3.05) is 31.1 Å². The van der Waals surface area contributed by atoms with Crippen molar-refractivity contribution in [2.24, 2.45) is 17.3 Å². The number of pyridine rings is 1. The van der Waals surface area contributed by atoms with E-state index in [1.165, 1.54) is 0 Å². The third kappa shape index (κ3) is 5.56. The highest BCUT2D eigenvalue weighted by Gasteiger charge is 2.55. The molecule has 0 spiro atoms. The molecule has 35 heavy (non-hydrogen) atoms. The van der Waals surface area contributed by atoms with Crippen molar-refractivity contribution in [2.45, 2.75) is 58.8 Å². The molecule has 1 saturated carbocycles. The lowest BCUT2D eigenvalue weighted by molar-refractivity contribution is 0.129.